The van der Waals surface area contributed by atoms with E-state index < -0.39 is 17.7 Å². The van der Waals surface area contributed by atoms with Crippen LogP contribution in [-0.2, 0) is 19.1 Å². The summed E-state index contributed by atoms with van der Waals surface area (Å²) < 4.78 is 10.1. The van der Waals surface area contributed by atoms with Crippen molar-refractivity contribution in [1.82, 2.24) is 0 Å². The van der Waals surface area contributed by atoms with E-state index in [0.29, 0.717) is 0 Å². The lowest BCUT2D eigenvalue weighted by molar-refractivity contribution is -0.222. The molecule has 1 aliphatic rings. The van der Waals surface area contributed by atoms with Crippen LogP contribution in [0, 0.1) is 0 Å². The molecule has 0 unspecified atom stereocenters. The van der Waals surface area contributed by atoms with Crippen molar-refractivity contribution in [2.75, 3.05) is 5.32 Å². The maximum atomic E-state index is 11.8. The minimum absolute atomic E-state index is 0.160. The number of esters is 2. The number of rotatable bonds is 2. The molecule has 3 rings (SSSR count). The maximum Gasteiger partial charge on any atom is 0.350 e. The molecular weight excluding hydrogens is 282 g/mol. The van der Waals surface area contributed by atoms with E-state index in [9.17, 15) is 9.59 Å². The smallest absolute Gasteiger partial charge is 0.350 e. The zero-order valence-electron chi connectivity index (χ0n) is 12.3. The molecule has 5 nitrogen and oxygen atoms in total. The number of anilines is 1. The minimum Gasteiger partial charge on any atom is -0.419 e. The third kappa shape index (κ3) is 2.79. The third-order valence-corrected chi connectivity index (χ3v) is 3.25. The second kappa shape index (κ2) is 5.18. The normalized spacial score (nSPS) is 16.9. The fourth-order valence-electron chi connectivity index (χ4n) is 2.21. The molecule has 0 atom stereocenters. The summed E-state index contributed by atoms with van der Waals surface area (Å²) in [6.07, 6.45) is 1.31. The van der Waals surface area contributed by atoms with Gasteiger partial charge in [0.1, 0.15) is 0 Å². The van der Waals surface area contributed by atoms with Gasteiger partial charge in [-0.1, -0.05) is 30.3 Å². The molecule has 1 fully saturated rings. The molecule has 112 valence electrons. The highest BCUT2D eigenvalue weighted by Crippen LogP contribution is 2.23. The van der Waals surface area contributed by atoms with Crippen LogP contribution in [0.25, 0.3) is 10.8 Å². The van der Waals surface area contributed by atoms with E-state index in [1.807, 2.05) is 42.5 Å². The summed E-state index contributed by atoms with van der Waals surface area (Å²) in [5, 5.41) is 5.10. The zero-order valence-corrected chi connectivity index (χ0v) is 12.3. The topological polar surface area (TPSA) is 64.6 Å². The van der Waals surface area contributed by atoms with Crippen molar-refractivity contribution >= 4 is 28.4 Å². The highest BCUT2D eigenvalue weighted by molar-refractivity contribution is 6.15. The number of hydrogen-bond acceptors (Lipinski definition) is 5. The number of carbonyl (C=O) groups is 2. The second-order valence-corrected chi connectivity index (χ2v) is 5.44. The average Bonchev–Trinajstić information content (AvgIpc) is 2.45. The standard InChI is InChI=1S/C17H15NO4/c1-17(2)21-15(19)14(16(20)22-17)10-18-13-8-7-11-5-3-4-6-12(11)9-13/h3-10,18H,1-2H3. The van der Waals surface area contributed by atoms with Crippen LogP contribution < -0.4 is 5.32 Å². The number of cyclic esters (lactones) is 2. The van der Waals surface area contributed by atoms with Crippen molar-refractivity contribution in [3.63, 3.8) is 0 Å². The SMILES string of the molecule is CC1(C)OC(=O)C(=CNc2ccc3ccccc3c2)C(=O)O1. The van der Waals surface area contributed by atoms with Gasteiger partial charge in [-0.05, 0) is 22.9 Å². The van der Waals surface area contributed by atoms with Crippen LogP contribution in [0.5, 0.6) is 0 Å². The van der Waals surface area contributed by atoms with Crippen molar-refractivity contribution in [3.05, 3.63) is 54.2 Å². The summed E-state index contributed by atoms with van der Waals surface area (Å²) in [6.45, 7) is 3.02. The second-order valence-electron chi connectivity index (χ2n) is 5.44. The van der Waals surface area contributed by atoms with E-state index in [1.54, 1.807) is 0 Å². The largest absolute Gasteiger partial charge is 0.419 e. The van der Waals surface area contributed by atoms with E-state index in [0.717, 1.165) is 16.5 Å². The van der Waals surface area contributed by atoms with E-state index >= 15 is 0 Å². The Morgan fingerprint density at radius 2 is 1.59 bits per heavy atom. The Balaban J connectivity index is 1.83. The lowest BCUT2D eigenvalue weighted by Crippen LogP contribution is -2.42. The molecule has 1 aliphatic heterocycles. The minimum atomic E-state index is -1.23. The number of nitrogens with one attached hydrogen (secondary N) is 1. The number of benzene rings is 2. The van der Waals surface area contributed by atoms with Crippen LogP contribution in [0.15, 0.2) is 54.2 Å². The fraction of sp³-hybridized carbons (Fsp3) is 0.176. The van der Waals surface area contributed by atoms with Crippen LogP contribution in [0.2, 0.25) is 0 Å². The number of ether oxygens (including phenoxy) is 2. The van der Waals surface area contributed by atoms with Gasteiger partial charge in [0.2, 0.25) is 0 Å². The highest BCUT2D eigenvalue weighted by Gasteiger charge is 2.38. The Kier molecular flexibility index (Phi) is 3.33. The Morgan fingerprint density at radius 1 is 0.955 bits per heavy atom. The first kappa shape index (κ1) is 14.1. The summed E-state index contributed by atoms with van der Waals surface area (Å²) in [5.74, 6) is -2.63. The molecular formula is C17H15NO4. The average molecular weight is 297 g/mol. The van der Waals surface area contributed by atoms with Gasteiger partial charge in [0.05, 0.1) is 0 Å². The van der Waals surface area contributed by atoms with Gasteiger partial charge >= 0.3 is 11.9 Å². The molecule has 0 spiro atoms. The summed E-state index contributed by atoms with van der Waals surface area (Å²) >= 11 is 0. The van der Waals surface area contributed by atoms with Gasteiger partial charge in [0, 0.05) is 25.7 Å². The molecule has 0 bridgehead atoms. The molecule has 0 saturated carbocycles. The summed E-state index contributed by atoms with van der Waals surface area (Å²) in [6, 6.07) is 13.7. The molecule has 0 amide bonds. The van der Waals surface area contributed by atoms with Crippen LogP contribution >= 0.6 is 0 Å². The first-order valence-corrected chi connectivity index (χ1v) is 6.87. The Bertz CT molecular complexity index is 770. The summed E-state index contributed by atoms with van der Waals surface area (Å²) in [4.78, 5) is 23.6. The lowest BCUT2D eigenvalue weighted by atomic mass is 10.1. The van der Waals surface area contributed by atoms with E-state index in [1.165, 1.54) is 20.0 Å². The van der Waals surface area contributed by atoms with Gasteiger partial charge < -0.3 is 14.8 Å². The maximum absolute atomic E-state index is 11.8. The van der Waals surface area contributed by atoms with Gasteiger partial charge in [0.25, 0.3) is 5.79 Å². The zero-order chi connectivity index (χ0) is 15.7. The predicted molar refractivity (Wildman–Crippen MR) is 81.9 cm³/mol. The molecule has 0 aliphatic carbocycles. The van der Waals surface area contributed by atoms with Crippen molar-refractivity contribution < 1.29 is 19.1 Å². The predicted octanol–water partition coefficient (Wildman–Crippen LogP) is 2.97. The van der Waals surface area contributed by atoms with E-state index in [-0.39, 0.29) is 5.57 Å². The third-order valence-electron chi connectivity index (χ3n) is 3.25. The Morgan fingerprint density at radius 3 is 2.27 bits per heavy atom. The fourth-order valence-corrected chi connectivity index (χ4v) is 2.21. The molecule has 22 heavy (non-hydrogen) atoms. The van der Waals surface area contributed by atoms with Crippen molar-refractivity contribution in [1.29, 1.82) is 0 Å². The van der Waals surface area contributed by atoms with E-state index in [4.69, 9.17) is 9.47 Å². The van der Waals surface area contributed by atoms with Gasteiger partial charge in [0.15, 0.2) is 5.57 Å². The van der Waals surface area contributed by atoms with Crippen molar-refractivity contribution in [2.45, 2.75) is 19.6 Å². The number of hydrogen-bond donors (Lipinski definition) is 1. The van der Waals surface area contributed by atoms with Crippen LogP contribution in [0.1, 0.15) is 13.8 Å². The molecule has 1 heterocycles. The molecule has 1 N–H and O–H groups in total. The number of fused-ring (bicyclic) bond motifs is 1. The lowest BCUT2D eigenvalue weighted by Gasteiger charge is -2.29. The Labute approximate surface area is 127 Å². The summed E-state index contributed by atoms with van der Waals surface area (Å²) in [5.41, 5.74) is 0.601. The van der Waals surface area contributed by atoms with Gasteiger partial charge in [-0.15, -0.1) is 0 Å². The van der Waals surface area contributed by atoms with Gasteiger partial charge in [-0.3, -0.25) is 0 Å². The quantitative estimate of drug-likeness (QED) is 0.524. The van der Waals surface area contributed by atoms with Crippen molar-refractivity contribution in [2.24, 2.45) is 0 Å². The molecule has 2 aromatic carbocycles. The first-order chi connectivity index (χ1) is 10.4. The van der Waals surface area contributed by atoms with Crippen LogP contribution in [0.4, 0.5) is 5.69 Å². The van der Waals surface area contributed by atoms with Crippen LogP contribution in [-0.4, -0.2) is 17.7 Å². The molecule has 0 aromatic heterocycles. The van der Waals surface area contributed by atoms with Gasteiger partial charge in [-0.2, -0.15) is 0 Å². The Hall–Kier alpha value is -2.82. The summed E-state index contributed by atoms with van der Waals surface area (Å²) in [7, 11) is 0. The monoisotopic (exact) mass is 297 g/mol. The molecule has 1 saturated heterocycles. The van der Waals surface area contributed by atoms with E-state index in [2.05, 4.69) is 5.32 Å². The first-order valence-electron chi connectivity index (χ1n) is 6.87. The molecule has 5 heteroatoms. The molecule has 2 aromatic rings. The number of carbonyl (C=O) groups excluding carboxylic acids is 2. The molecule has 0 radical (unpaired) electrons. The van der Waals surface area contributed by atoms with Crippen LogP contribution in [0.3, 0.4) is 0 Å². The van der Waals surface area contributed by atoms with Crippen molar-refractivity contribution in [3.8, 4) is 0 Å². The highest BCUT2D eigenvalue weighted by atomic mass is 16.7. The van der Waals surface area contributed by atoms with Gasteiger partial charge in [-0.25, -0.2) is 9.59 Å².